The molecule has 0 unspecified atom stereocenters. The van der Waals surface area contributed by atoms with Gasteiger partial charge in [0.05, 0.1) is 17.3 Å². The number of aromatic amines is 1. The highest BCUT2D eigenvalue weighted by Gasteiger charge is 2.10. The lowest BCUT2D eigenvalue weighted by Crippen LogP contribution is -2.18. The topological polar surface area (TPSA) is 85.8 Å². The zero-order chi connectivity index (χ0) is 13.8. The number of benzene rings is 1. The summed E-state index contributed by atoms with van der Waals surface area (Å²) in [7, 11) is 0. The molecule has 6 heteroatoms. The summed E-state index contributed by atoms with van der Waals surface area (Å²) in [6.07, 6.45) is 0. The van der Waals surface area contributed by atoms with Crippen molar-refractivity contribution < 1.29 is 9.18 Å². The Balaban J connectivity index is 2.25. The average Bonchev–Trinajstić information content (AvgIpc) is 2.41. The van der Waals surface area contributed by atoms with E-state index in [0.717, 1.165) is 6.07 Å². The fourth-order valence-electron chi connectivity index (χ4n) is 1.46. The molecular formula is C13H8FN3O2. The lowest BCUT2D eigenvalue weighted by atomic mass is 10.2. The molecule has 1 aromatic heterocycles. The largest absolute Gasteiger partial charge is 0.318 e. The minimum atomic E-state index is -0.717. The van der Waals surface area contributed by atoms with E-state index in [1.807, 2.05) is 0 Å². The van der Waals surface area contributed by atoms with Crippen molar-refractivity contribution in [1.29, 1.82) is 5.26 Å². The minimum absolute atomic E-state index is 0.0243. The van der Waals surface area contributed by atoms with Gasteiger partial charge in [0, 0.05) is 6.07 Å². The molecule has 94 valence electrons. The molecule has 0 saturated heterocycles. The van der Waals surface area contributed by atoms with Crippen LogP contribution in [-0.2, 0) is 0 Å². The molecule has 0 atom stereocenters. The minimum Gasteiger partial charge on any atom is -0.318 e. The van der Waals surface area contributed by atoms with E-state index in [1.54, 1.807) is 6.07 Å². The summed E-state index contributed by atoms with van der Waals surface area (Å²) in [4.78, 5) is 25.1. The molecule has 2 aromatic rings. The first kappa shape index (κ1) is 12.5. The van der Waals surface area contributed by atoms with Crippen molar-refractivity contribution in [3.8, 4) is 6.07 Å². The number of nitrogens with one attached hydrogen (secondary N) is 2. The predicted molar refractivity (Wildman–Crippen MR) is 66.1 cm³/mol. The fourth-order valence-corrected chi connectivity index (χ4v) is 1.46. The van der Waals surface area contributed by atoms with Gasteiger partial charge < -0.3 is 10.3 Å². The van der Waals surface area contributed by atoms with Gasteiger partial charge in [-0.05, 0) is 24.3 Å². The van der Waals surface area contributed by atoms with E-state index in [2.05, 4.69) is 10.3 Å². The lowest BCUT2D eigenvalue weighted by Gasteiger charge is -2.06. The molecule has 1 aromatic carbocycles. The Bertz CT molecular complexity index is 731. The molecule has 0 aliphatic carbocycles. The molecule has 0 bridgehead atoms. The van der Waals surface area contributed by atoms with Crippen LogP contribution in [0.2, 0.25) is 0 Å². The van der Waals surface area contributed by atoms with Crippen molar-refractivity contribution in [2.24, 2.45) is 0 Å². The molecule has 0 aliphatic heterocycles. The molecule has 19 heavy (non-hydrogen) atoms. The van der Waals surface area contributed by atoms with Crippen LogP contribution in [0.4, 0.5) is 10.1 Å². The number of nitriles is 1. The third-order valence-corrected chi connectivity index (χ3v) is 2.36. The number of H-pyrrole nitrogens is 1. The van der Waals surface area contributed by atoms with Crippen LogP contribution in [0.1, 0.15) is 16.1 Å². The molecule has 0 radical (unpaired) electrons. The maximum absolute atomic E-state index is 13.6. The summed E-state index contributed by atoms with van der Waals surface area (Å²) in [6.45, 7) is 0. The number of amides is 1. The number of hydrogen-bond donors (Lipinski definition) is 2. The maximum atomic E-state index is 13.6. The molecule has 0 aliphatic rings. The summed E-state index contributed by atoms with van der Waals surface area (Å²) in [5.41, 5.74) is -0.304. The van der Waals surface area contributed by atoms with Crippen molar-refractivity contribution in [2.75, 3.05) is 5.32 Å². The SMILES string of the molecule is N#Cc1ccc(NC(=O)c2cccc(=O)[nH]2)c(F)c1. The number of rotatable bonds is 2. The van der Waals surface area contributed by atoms with E-state index in [9.17, 15) is 14.0 Å². The van der Waals surface area contributed by atoms with Crippen molar-refractivity contribution >= 4 is 11.6 Å². The summed E-state index contributed by atoms with van der Waals surface area (Å²) in [6, 6.07) is 9.55. The smallest absolute Gasteiger partial charge is 0.272 e. The second kappa shape index (κ2) is 5.14. The first-order chi connectivity index (χ1) is 9.10. The third kappa shape index (κ3) is 2.84. The van der Waals surface area contributed by atoms with Gasteiger partial charge in [-0.3, -0.25) is 9.59 Å². The zero-order valence-corrected chi connectivity index (χ0v) is 9.61. The van der Waals surface area contributed by atoms with Crippen molar-refractivity contribution in [3.05, 3.63) is 63.8 Å². The highest BCUT2D eigenvalue weighted by Crippen LogP contribution is 2.15. The van der Waals surface area contributed by atoms with Crippen LogP contribution in [0, 0.1) is 17.1 Å². The van der Waals surface area contributed by atoms with Crippen LogP contribution >= 0.6 is 0 Å². The molecule has 1 heterocycles. The standard InChI is InChI=1S/C13H8FN3O2/c14-9-6-8(7-15)4-5-10(9)17-13(19)11-2-1-3-12(18)16-11/h1-6H,(H,16,18)(H,17,19). The van der Waals surface area contributed by atoms with Gasteiger partial charge in [-0.15, -0.1) is 0 Å². The monoisotopic (exact) mass is 257 g/mol. The Morgan fingerprint density at radius 3 is 2.74 bits per heavy atom. The lowest BCUT2D eigenvalue weighted by molar-refractivity contribution is 0.102. The Kier molecular flexibility index (Phi) is 3.39. The van der Waals surface area contributed by atoms with Gasteiger partial charge in [-0.25, -0.2) is 4.39 Å². The normalized spacial score (nSPS) is 9.68. The number of pyridine rings is 1. The van der Waals surface area contributed by atoms with Crippen LogP contribution in [0.25, 0.3) is 0 Å². The Hall–Kier alpha value is -2.94. The van der Waals surface area contributed by atoms with E-state index in [4.69, 9.17) is 5.26 Å². The van der Waals surface area contributed by atoms with Crippen LogP contribution < -0.4 is 10.9 Å². The molecule has 5 nitrogen and oxygen atoms in total. The second-order valence-electron chi connectivity index (χ2n) is 3.69. The van der Waals surface area contributed by atoms with Crippen LogP contribution in [-0.4, -0.2) is 10.9 Å². The molecule has 2 N–H and O–H groups in total. The average molecular weight is 257 g/mol. The van der Waals surface area contributed by atoms with E-state index in [1.165, 1.54) is 30.3 Å². The van der Waals surface area contributed by atoms with Gasteiger partial charge in [0.25, 0.3) is 5.91 Å². The van der Waals surface area contributed by atoms with E-state index < -0.39 is 17.3 Å². The van der Waals surface area contributed by atoms with Gasteiger partial charge >= 0.3 is 0 Å². The van der Waals surface area contributed by atoms with Gasteiger partial charge in [0.2, 0.25) is 5.56 Å². The van der Waals surface area contributed by atoms with Crippen molar-refractivity contribution in [3.63, 3.8) is 0 Å². The van der Waals surface area contributed by atoms with Crippen LogP contribution in [0.5, 0.6) is 0 Å². The first-order valence-electron chi connectivity index (χ1n) is 5.30. The molecular weight excluding hydrogens is 249 g/mol. The molecule has 0 spiro atoms. The van der Waals surface area contributed by atoms with Gasteiger partial charge in [-0.2, -0.15) is 5.26 Å². The van der Waals surface area contributed by atoms with Crippen molar-refractivity contribution in [2.45, 2.75) is 0 Å². The molecule has 0 saturated carbocycles. The number of nitrogens with zero attached hydrogens (tertiary/aromatic N) is 1. The molecule has 2 rings (SSSR count). The maximum Gasteiger partial charge on any atom is 0.272 e. The third-order valence-electron chi connectivity index (χ3n) is 2.36. The predicted octanol–water partition coefficient (Wildman–Crippen LogP) is 1.64. The zero-order valence-electron chi connectivity index (χ0n) is 9.61. The fraction of sp³-hybridized carbons (Fsp3) is 0. The van der Waals surface area contributed by atoms with Crippen molar-refractivity contribution in [1.82, 2.24) is 4.98 Å². The first-order valence-corrected chi connectivity index (χ1v) is 5.30. The summed E-state index contributed by atoms with van der Waals surface area (Å²) in [5, 5.41) is 10.9. The van der Waals surface area contributed by atoms with Gasteiger partial charge in [0.15, 0.2) is 0 Å². The molecule has 1 amide bonds. The highest BCUT2D eigenvalue weighted by molar-refractivity contribution is 6.02. The quantitative estimate of drug-likeness (QED) is 0.857. The van der Waals surface area contributed by atoms with Crippen LogP contribution in [0.3, 0.4) is 0 Å². The number of hydrogen-bond acceptors (Lipinski definition) is 3. The summed E-state index contributed by atoms with van der Waals surface area (Å²) in [5.74, 6) is -1.35. The van der Waals surface area contributed by atoms with Crippen LogP contribution in [0.15, 0.2) is 41.2 Å². The number of aromatic nitrogens is 1. The number of halogens is 1. The second-order valence-corrected chi connectivity index (χ2v) is 3.69. The van der Waals surface area contributed by atoms with E-state index in [-0.39, 0.29) is 16.9 Å². The number of carbonyl (C=O) groups excluding carboxylic acids is 1. The number of carbonyl (C=O) groups is 1. The summed E-state index contributed by atoms with van der Waals surface area (Å²) < 4.78 is 13.6. The number of anilines is 1. The Labute approximate surface area is 107 Å². The van der Waals surface area contributed by atoms with E-state index >= 15 is 0 Å². The van der Waals surface area contributed by atoms with E-state index in [0.29, 0.717) is 0 Å². The molecule has 0 fully saturated rings. The Morgan fingerprint density at radius 1 is 1.32 bits per heavy atom. The highest BCUT2D eigenvalue weighted by atomic mass is 19.1. The van der Waals surface area contributed by atoms with Gasteiger partial charge in [-0.1, -0.05) is 6.07 Å². The Morgan fingerprint density at radius 2 is 2.11 bits per heavy atom. The summed E-state index contributed by atoms with van der Waals surface area (Å²) >= 11 is 0. The van der Waals surface area contributed by atoms with Gasteiger partial charge in [0.1, 0.15) is 11.5 Å².